The lowest BCUT2D eigenvalue weighted by Crippen LogP contribution is -2.25. The SMILES string of the molecule is COCCCNC(=O)c1cc(C)c(Br)c(S(=O)(=O)Cl)c1. The van der Waals surface area contributed by atoms with Gasteiger partial charge in [0, 0.05) is 41.0 Å². The van der Waals surface area contributed by atoms with Crippen LogP contribution < -0.4 is 5.32 Å². The average molecular weight is 385 g/mol. The summed E-state index contributed by atoms with van der Waals surface area (Å²) in [6, 6.07) is 2.85. The summed E-state index contributed by atoms with van der Waals surface area (Å²) in [5.41, 5.74) is 0.871. The number of hydrogen-bond donors (Lipinski definition) is 1. The highest BCUT2D eigenvalue weighted by Crippen LogP contribution is 2.29. The van der Waals surface area contributed by atoms with Crippen LogP contribution >= 0.6 is 26.6 Å². The molecule has 0 aliphatic heterocycles. The van der Waals surface area contributed by atoms with Crippen molar-refractivity contribution >= 4 is 41.6 Å². The minimum absolute atomic E-state index is 0.110. The molecule has 1 rings (SSSR count). The van der Waals surface area contributed by atoms with E-state index in [2.05, 4.69) is 21.2 Å². The number of benzene rings is 1. The second-order valence-electron chi connectivity index (χ2n) is 4.15. The number of nitrogens with one attached hydrogen (secondary N) is 1. The molecule has 0 saturated carbocycles. The van der Waals surface area contributed by atoms with E-state index in [1.165, 1.54) is 6.07 Å². The summed E-state index contributed by atoms with van der Waals surface area (Å²) in [7, 11) is 3.02. The van der Waals surface area contributed by atoms with Gasteiger partial charge < -0.3 is 10.1 Å². The Bertz CT molecular complexity index is 604. The van der Waals surface area contributed by atoms with Crippen molar-refractivity contribution in [1.82, 2.24) is 5.32 Å². The molecule has 0 aromatic heterocycles. The van der Waals surface area contributed by atoms with Crippen LogP contribution in [-0.4, -0.2) is 34.6 Å². The molecule has 20 heavy (non-hydrogen) atoms. The van der Waals surface area contributed by atoms with Crippen LogP contribution in [0.25, 0.3) is 0 Å². The monoisotopic (exact) mass is 383 g/mol. The molecule has 1 aromatic carbocycles. The van der Waals surface area contributed by atoms with Crippen molar-refractivity contribution in [3.63, 3.8) is 0 Å². The van der Waals surface area contributed by atoms with Gasteiger partial charge in [-0.1, -0.05) is 0 Å². The van der Waals surface area contributed by atoms with E-state index in [-0.39, 0.29) is 16.4 Å². The van der Waals surface area contributed by atoms with Crippen LogP contribution in [0.5, 0.6) is 0 Å². The molecule has 5 nitrogen and oxygen atoms in total. The van der Waals surface area contributed by atoms with Gasteiger partial charge in [-0.2, -0.15) is 0 Å². The standard InChI is InChI=1S/C12H15BrClNO4S/c1-8-6-9(12(16)15-4-3-5-19-2)7-10(11(8)13)20(14,17)18/h6-7H,3-5H2,1-2H3,(H,15,16). The van der Waals surface area contributed by atoms with Crippen molar-refractivity contribution in [2.45, 2.75) is 18.2 Å². The fraction of sp³-hybridized carbons (Fsp3) is 0.417. The second kappa shape index (κ2) is 7.40. The summed E-state index contributed by atoms with van der Waals surface area (Å²) < 4.78 is 28.2. The predicted octanol–water partition coefficient (Wildman–Crippen LogP) is 2.45. The average Bonchev–Trinajstić information content (AvgIpc) is 2.36. The largest absolute Gasteiger partial charge is 0.385 e. The first-order valence-electron chi connectivity index (χ1n) is 5.79. The van der Waals surface area contributed by atoms with E-state index < -0.39 is 9.05 Å². The number of carbonyl (C=O) groups excluding carboxylic acids is 1. The number of halogens is 2. The third-order valence-electron chi connectivity index (χ3n) is 2.56. The molecule has 0 heterocycles. The normalized spacial score (nSPS) is 11.4. The Kier molecular flexibility index (Phi) is 6.44. The van der Waals surface area contributed by atoms with E-state index in [0.717, 1.165) is 0 Å². The van der Waals surface area contributed by atoms with Gasteiger partial charge in [-0.3, -0.25) is 4.79 Å². The molecule has 0 spiro atoms. The molecule has 0 atom stereocenters. The molecule has 8 heteroatoms. The third-order valence-corrected chi connectivity index (χ3v) is 5.22. The first-order chi connectivity index (χ1) is 9.27. The topological polar surface area (TPSA) is 72.5 Å². The number of rotatable bonds is 6. The lowest BCUT2D eigenvalue weighted by atomic mass is 10.1. The van der Waals surface area contributed by atoms with E-state index in [4.69, 9.17) is 15.4 Å². The summed E-state index contributed by atoms with van der Waals surface area (Å²) in [6.07, 6.45) is 0.679. The van der Waals surface area contributed by atoms with Crippen LogP contribution in [-0.2, 0) is 13.8 Å². The number of carbonyl (C=O) groups is 1. The molecule has 0 aliphatic rings. The van der Waals surface area contributed by atoms with Gasteiger partial charge in [0.15, 0.2) is 0 Å². The highest BCUT2D eigenvalue weighted by Gasteiger charge is 2.19. The first-order valence-corrected chi connectivity index (χ1v) is 8.89. The zero-order chi connectivity index (χ0) is 15.3. The van der Waals surface area contributed by atoms with Crippen LogP contribution in [0.15, 0.2) is 21.5 Å². The zero-order valence-electron chi connectivity index (χ0n) is 11.1. The molecule has 0 bridgehead atoms. The van der Waals surface area contributed by atoms with Gasteiger partial charge in [-0.15, -0.1) is 0 Å². The van der Waals surface area contributed by atoms with Crippen molar-refractivity contribution < 1.29 is 17.9 Å². The lowest BCUT2D eigenvalue weighted by Gasteiger charge is -2.09. The maximum Gasteiger partial charge on any atom is 0.262 e. The number of ether oxygens (including phenoxy) is 1. The van der Waals surface area contributed by atoms with Crippen molar-refractivity contribution in [3.05, 3.63) is 27.7 Å². The van der Waals surface area contributed by atoms with Gasteiger partial charge in [0.1, 0.15) is 0 Å². The number of amides is 1. The van der Waals surface area contributed by atoms with Crippen LogP contribution in [0.3, 0.4) is 0 Å². The number of hydrogen-bond acceptors (Lipinski definition) is 4. The molecule has 0 radical (unpaired) electrons. The Hall–Kier alpha value is -0.630. The van der Waals surface area contributed by atoms with Gasteiger partial charge in [-0.25, -0.2) is 8.42 Å². The van der Waals surface area contributed by atoms with Crippen LogP contribution in [0.2, 0.25) is 0 Å². The molecule has 1 amide bonds. The van der Waals surface area contributed by atoms with Crippen molar-refractivity contribution in [3.8, 4) is 0 Å². The number of aryl methyl sites for hydroxylation is 1. The van der Waals surface area contributed by atoms with Gasteiger partial charge >= 0.3 is 0 Å². The Morgan fingerprint density at radius 1 is 1.45 bits per heavy atom. The van der Waals surface area contributed by atoms with E-state index >= 15 is 0 Å². The minimum Gasteiger partial charge on any atom is -0.385 e. The first kappa shape index (κ1) is 17.4. The highest BCUT2D eigenvalue weighted by molar-refractivity contribution is 9.10. The number of methoxy groups -OCH3 is 1. The molecule has 0 fully saturated rings. The smallest absolute Gasteiger partial charge is 0.262 e. The Balaban J connectivity index is 2.97. The Morgan fingerprint density at radius 3 is 2.65 bits per heavy atom. The van der Waals surface area contributed by atoms with Crippen molar-refractivity contribution in [2.75, 3.05) is 20.3 Å². The molecule has 0 aliphatic carbocycles. The predicted molar refractivity (Wildman–Crippen MR) is 80.7 cm³/mol. The van der Waals surface area contributed by atoms with Gasteiger partial charge in [0.2, 0.25) is 0 Å². The summed E-state index contributed by atoms with van der Waals surface area (Å²) in [5.74, 6) is -0.349. The Morgan fingerprint density at radius 2 is 2.10 bits per heavy atom. The quantitative estimate of drug-likeness (QED) is 0.604. The maximum atomic E-state index is 11.9. The van der Waals surface area contributed by atoms with E-state index in [9.17, 15) is 13.2 Å². The van der Waals surface area contributed by atoms with E-state index in [0.29, 0.717) is 29.6 Å². The Labute approximate surface area is 131 Å². The summed E-state index contributed by atoms with van der Waals surface area (Å²) >= 11 is 3.16. The molecule has 112 valence electrons. The summed E-state index contributed by atoms with van der Waals surface area (Å²) in [4.78, 5) is 11.8. The molecule has 0 saturated heterocycles. The van der Waals surface area contributed by atoms with Crippen LogP contribution in [0.1, 0.15) is 22.3 Å². The highest BCUT2D eigenvalue weighted by atomic mass is 79.9. The van der Waals surface area contributed by atoms with Crippen molar-refractivity contribution in [2.24, 2.45) is 0 Å². The third kappa shape index (κ3) is 4.73. The fourth-order valence-corrected chi connectivity index (χ4v) is 3.72. The van der Waals surface area contributed by atoms with Gasteiger partial charge in [-0.05, 0) is 47.0 Å². The van der Waals surface area contributed by atoms with Crippen LogP contribution in [0, 0.1) is 6.92 Å². The minimum atomic E-state index is -3.92. The van der Waals surface area contributed by atoms with Gasteiger partial charge in [0.25, 0.3) is 15.0 Å². The van der Waals surface area contributed by atoms with E-state index in [1.807, 2.05) is 0 Å². The lowest BCUT2D eigenvalue weighted by molar-refractivity contribution is 0.0948. The molecule has 1 aromatic rings. The van der Waals surface area contributed by atoms with Gasteiger partial charge in [0.05, 0.1) is 4.90 Å². The summed E-state index contributed by atoms with van der Waals surface area (Å²) in [6.45, 7) is 2.68. The van der Waals surface area contributed by atoms with Crippen LogP contribution in [0.4, 0.5) is 0 Å². The molecular formula is C12H15BrClNO4S. The molecule has 1 N–H and O–H groups in total. The summed E-state index contributed by atoms with van der Waals surface area (Å²) in [5, 5.41) is 2.69. The maximum absolute atomic E-state index is 11.9. The second-order valence-corrected chi connectivity index (χ2v) is 7.47. The van der Waals surface area contributed by atoms with Crippen molar-refractivity contribution in [1.29, 1.82) is 0 Å². The molecule has 0 unspecified atom stereocenters. The zero-order valence-corrected chi connectivity index (χ0v) is 14.2. The molecular weight excluding hydrogens is 370 g/mol. The fourth-order valence-electron chi connectivity index (χ4n) is 1.57. The van der Waals surface area contributed by atoms with E-state index in [1.54, 1.807) is 20.1 Å².